The van der Waals surface area contributed by atoms with Crippen molar-refractivity contribution in [3.63, 3.8) is 0 Å². The Labute approximate surface area is 216 Å². The third-order valence-corrected chi connectivity index (χ3v) is 7.52. The van der Waals surface area contributed by atoms with Crippen LogP contribution in [0.3, 0.4) is 0 Å². The van der Waals surface area contributed by atoms with Crippen molar-refractivity contribution in [3.05, 3.63) is 60.3 Å². The fourth-order valence-electron chi connectivity index (χ4n) is 5.42. The van der Waals surface area contributed by atoms with Crippen LogP contribution in [0.25, 0.3) is 11.1 Å². The van der Waals surface area contributed by atoms with Gasteiger partial charge >= 0.3 is 0 Å². The van der Waals surface area contributed by atoms with Crippen LogP contribution in [0.5, 0.6) is 5.75 Å². The Morgan fingerprint density at radius 1 is 1.00 bits per heavy atom. The van der Waals surface area contributed by atoms with E-state index >= 15 is 0 Å². The lowest BCUT2D eigenvalue weighted by Crippen LogP contribution is -2.31. The van der Waals surface area contributed by atoms with Gasteiger partial charge in [0.1, 0.15) is 30.1 Å². The highest BCUT2D eigenvalue weighted by Crippen LogP contribution is 2.42. The van der Waals surface area contributed by atoms with Crippen LogP contribution in [0.2, 0.25) is 0 Å². The Kier molecular flexibility index (Phi) is 6.27. The van der Waals surface area contributed by atoms with Crippen LogP contribution in [0.1, 0.15) is 31.6 Å². The minimum Gasteiger partial charge on any atom is -0.497 e. The van der Waals surface area contributed by atoms with E-state index in [9.17, 15) is 10.2 Å². The Hall–Kier alpha value is -3.53. The summed E-state index contributed by atoms with van der Waals surface area (Å²) in [4.78, 5) is 7.17. The van der Waals surface area contributed by atoms with Crippen LogP contribution in [-0.4, -0.2) is 64.6 Å². The number of nitrogens with zero attached hydrogens (tertiary/aromatic N) is 4. The molecule has 0 saturated carbocycles. The van der Waals surface area contributed by atoms with Gasteiger partial charge in [-0.3, -0.25) is 10.4 Å². The Bertz CT molecular complexity index is 1270. The van der Waals surface area contributed by atoms with Crippen molar-refractivity contribution in [3.8, 4) is 16.9 Å². The van der Waals surface area contributed by atoms with Crippen molar-refractivity contribution >= 4 is 23.5 Å². The van der Waals surface area contributed by atoms with Crippen molar-refractivity contribution in [1.29, 1.82) is 0 Å². The monoisotopic (exact) mass is 503 g/mol. The predicted octanol–water partition coefficient (Wildman–Crippen LogP) is 3.91. The van der Waals surface area contributed by atoms with Gasteiger partial charge in [-0.15, -0.1) is 0 Å². The first-order valence-corrected chi connectivity index (χ1v) is 12.8. The van der Waals surface area contributed by atoms with Crippen LogP contribution in [0.15, 0.2) is 59.7 Å². The second-order valence-electron chi connectivity index (χ2n) is 9.92. The van der Waals surface area contributed by atoms with Gasteiger partial charge in [0.2, 0.25) is 0 Å². The fourth-order valence-corrected chi connectivity index (χ4v) is 5.42. The second-order valence-corrected chi connectivity index (χ2v) is 9.92. The number of hydrogen-bond acceptors (Lipinski definition) is 8. The first-order chi connectivity index (χ1) is 18.0. The molecule has 0 unspecified atom stereocenters. The first-order valence-electron chi connectivity index (χ1n) is 12.8. The molecule has 0 spiro atoms. The van der Waals surface area contributed by atoms with Crippen LogP contribution in [-0.2, 0) is 11.3 Å². The number of hydrazine groups is 1. The third kappa shape index (κ3) is 4.43. The lowest BCUT2D eigenvalue weighted by molar-refractivity contribution is -0.0308. The number of fused-ring (bicyclic) bond motifs is 1. The zero-order valence-corrected chi connectivity index (χ0v) is 21.1. The second kappa shape index (κ2) is 9.74. The van der Waals surface area contributed by atoms with E-state index in [1.54, 1.807) is 20.4 Å². The number of aliphatic hydroxyl groups excluding tert-OH is 2. The molecule has 0 bridgehead atoms. The Morgan fingerprint density at radius 3 is 2.38 bits per heavy atom. The molecular weight excluding hydrogens is 470 g/mol. The number of ether oxygens (including phenoxy) is 2. The number of methoxy groups -OCH3 is 1. The maximum absolute atomic E-state index is 10.7. The van der Waals surface area contributed by atoms with Gasteiger partial charge in [-0.2, -0.15) is 0 Å². The van der Waals surface area contributed by atoms with Crippen LogP contribution >= 0.6 is 0 Å². The number of aliphatic hydroxyl groups is 2. The lowest BCUT2D eigenvalue weighted by Gasteiger charge is -2.27. The molecule has 1 aromatic heterocycles. The number of benzene rings is 2. The van der Waals surface area contributed by atoms with Gasteiger partial charge in [-0.1, -0.05) is 12.1 Å². The molecule has 194 valence electrons. The molecule has 0 radical (unpaired) electrons. The van der Waals surface area contributed by atoms with Crippen LogP contribution in [0, 0.1) is 0 Å². The molecule has 6 rings (SSSR count). The topological polar surface area (TPSA) is 94.7 Å². The van der Waals surface area contributed by atoms with E-state index in [4.69, 9.17) is 14.5 Å². The van der Waals surface area contributed by atoms with Crippen molar-refractivity contribution in [2.24, 2.45) is 4.99 Å². The molecule has 9 heteroatoms. The molecule has 37 heavy (non-hydrogen) atoms. The van der Waals surface area contributed by atoms with Crippen molar-refractivity contribution in [2.45, 2.75) is 50.8 Å². The lowest BCUT2D eigenvalue weighted by atomic mass is 10.0. The summed E-state index contributed by atoms with van der Waals surface area (Å²) in [6, 6.07) is 16.4. The van der Waals surface area contributed by atoms with E-state index in [1.807, 2.05) is 40.0 Å². The average Bonchev–Trinajstić information content (AvgIpc) is 3.65. The van der Waals surface area contributed by atoms with E-state index < -0.39 is 24.5 Å². The quantitative estimate of drug-likeness (QED) is 0.470. The first kappa shape index (κ1) is 23.8. The van der Waals surface area contributed by atoms with Crippen LogP contribution in [0.4, 0.5) is 17.2 Å². The van der Waals surface area contributed by atoms with E-state index in [0.29, 0.717) is 12.4 Å². The number of anilines is 2. The van der Waals surface area contributed by atoms with E-state index in [0.717, 1.165) is 41.2 Å². The van der Waals surface area contributed by atoms with Gasteiger partial charge in [0, 0.05) is 36.1 Å². The minimum atomic E-state index is -1.05. The summed E-state index contributed by atoms with van der Waals surface area (Å²) < 4.78 is 13.1. The molecule has 0 aliphatic carbocycles. The molecule has 0 amide bonds. The summed E-state index contributed by atoms with van der Waals surface area (Å²) in [5.41, 5.74) is 8.67. The van der Waals surface area contributed by atoms with Gasteiger partial charge in [0.15, 0.2) is 6.23 Å². The summed E-state index contributed by atoms with van der Waals surface area (Å²) in [5, 5.41) is 23.0. The van der Waals surface area contributed by atoms with Crippen molar-refractivity contribution in [1.82, 2.24) is 9.58 Å². The third-order valence-electron chi connectivity index (χ3n) is 7.52. The minimum absolute atomic E-state index is 0.475. The molecular formula is C28H33N5O4. The van der Waals surface area contributed by atoms with Crippen molar-refractivity contribution in [2.75, 3.05) is 30.5 Å². The fraction of sp³-hybridized carbons (Fsp3) is 0.393. The molecule has 2 saturated heterocycles. The number of aliphatic imine (C=N–C) groups is 1. The number of rotatable bonds is 6. The Morgan fingerprint density at radius 2 is 1.73 bits per heavy atom. The summed E-state index contributed by atoms with van der Waals surface area (Å²) in [6.07, 6.45) is 3.02. The highest BCUT2D eigenvalue weighted by atomic mass is 16.6. The highest BCUT2D eigenvalue weighted by molar-refractivity contribution is 5.78. The molecule has 9 nitrogen and oxygen atoms in total. The highest BCUT2D eigenvalue weighted by Gasteiger charge is 2.43. The standard InChI is InChI=1S/C28H33N5O4/c1-18-25(34)26(35)28(37-18)33-16-23(19-5-11-22(36-2)12-6-19)24-15-32(17-29-27(24)33)30-20-7-9-21(10-8-20)31-13-3-4-14-31/h5-12,16-18,25-26,28,30,34-35H,3-4,13-15H2,1-2H3/t18-,25-,26-,28-/m1/s1. The van der Waals surface area contributed by atoms with E-state index in [2.05, 4.69) is 34.6 Å². The molecule has 3 N–H and O–H groups in total. The number of hydrogen-bond donors (Lipinski definition) is 3. The molecule has 3 aliphatic heterocycles. The zero-order valence-electron chi connectivity index (χ0n) is 21.1. The normalized spacial score (nSPS) is 25.0. The van der Waals surface area contributed by atoms with Gasteiger partial charge in [-0.25, -0.2) is 4.99 Å². The van der Waals surface area contributed by atoms with Gasteiger partial charge in [0.05, 0.1) is 25.4 Å². The molecule has 3 aromatic rings. The maximum Gasteiger partial charge on any atom is 0.164 e. The van der Waals surface area contributed by atoms with Crippen LogP contribution < -0.4 is 15.1 Å². The summed E-state index contributed by atoms with van der Waals surface area (Å²) in [5.74, 6) is 1.49. The van der Waals surface area contributed by atoms with Crippen molar-refractivity contribution < 1.29 is 19.7 Å². The molecule has 2 fully saturated rings. The predicted molar refractivity (Wildman–Crippen MR) is 143 cm³/mol. The molecule has 4 heterocycles. The number of aromatic nitrogens is 1. The number of nitrogens with one attached hydrogen (secondary N) is 1. The zero-order chi connectivity index (χ0) is 25.5. The van der Waals surface area contributed by atoms with Gasteiger partial charge < -0.3 is 29.2 Å². The van der Waals surface area contributed by atoms with Gasteiger partial charge in [0.25, 0.3) is 0 Å². The molecule has 4 atom stereocenters. The van der Waals surface area contributed by atoms with Gasteiger partial charge in [-0.05, 0) is 61.7 Å². The SMILES string of the molecule is COc1ccc(-c2cn([C@@H]3O[C@H](C)[C@@H](O)[C@H]3O)c3c2CN(Nc2ccc(N4CCCC4)cc2)C=N3)cc1. The molecule has 3 aliphatic rings. The van der Waals surface area contributed by atoms with E-state index in [1.165, 1.54) is 18.5 Å². The van der Waals surface area contributed by atoms with E-state index in [-0.39, 0.29) is 0 Å². The molecule has 2 aromatic carbocycles. The summed E-state index contributed by atoms with van der Waals surface area (Å²) in [6.45, 7) is 4.56. The average molecular weight is 504 g/mol. The maximum atomic E-state index is 10.7. The summed E-state index contributed by atoms with van der Waals surface area (Å²) >= 11 is 0. The summed E-state index contributed by atoms with van der Waals surface area (Å²) in [7, 11) is 1.65. The largest absolute Gasteiger partial charge is 0.497 e. The smallest absolute Gasteiger partial charge is 0.164 e. The Balaban J connectivity index is 1.29.